The lowest BCUT2D eigenvalue weighted by Gasteiger charge is -2.26. The number of benzene rings is 1. The number of halogens is 1. The molecule has 0 amide bonds. The molecule has 2 aliphatic carbocycles. The monoisotopic (exact) mass is 306 g/mol. The molecule has 1 unspecified atom stereocenters. The van der Waals surface area contributed by atoms with Gasteiger partial charge < -0.3 is 10.2 Å². The molecule has 2 fully saturated rings. The second kappa shape index (κ2) is 7.13. The van der Waals surface area contributed by atoms with Gasteiger partial charge in [-0.25, -0.2) is 0 Å². The molecule has 2 saturated carbocycles. The molecule has 1 atom stereocenters. The molecular formula is C18H27ClN2. The average Bonchev–Trinajstić information content (AvgIpc) is 3.17. The summed E-state index contributed by atoms with van der Waals surface area (Å²) in [6, 6.07) is 9.72. The minimum Gasteiger partial charge on any atom is -0.308 e. The molecule has 0 radical (unpaired) electrons. The number of hydrogen-bond acceptors (Lipinski definition) is 2. The fraction of sp³-hybridized carbons (Fsp3) is 0.667. The molecular weight excluding hydrogens is 280 g/mol. The molecule has 1 aromatic carbocycles. The van der Waals surface area contributed by atoms with Crippen molar-refractivity contribution < 1.29 is 0 Å². The third kappa shape index (κ3) is 4.21. The molecule has 0 bridgehead atoms. The first-order chi connectivity index (χ1) is 10.2. The van der Waals surface area contributed by atoms with Gasteiger partial charge >= 0.3 is 0 Å². The third-order valence-corrected chi connectivity index (χ3v) is 5.35. The molecule has 1 aromatic rings. The lowest BCUT2D eigenvalue weighted by Crippen LogP contribution is -2.37. The Kier molecular flexibility index (Phi) is 5.20. The summed E-state index contributed by atoms with van der Waals surface area (Å²) in [7, 11) is 2.28. The fourth-order valence-corrected chi connectivity index (χ4v) is 3.71. The summed E-state index contributed by atoms with van der Waals surface area (Å²) < 4.78 is 0. The van der Waals surface area contributed by atoms with Gasteiger partial charge in [0.1, 0.15) is 0 Å². The van der Waals surface area contributed by atoms with Gasteiger partial charge in [-0.2, -0.15) is 0 Å². The van der Waals surface area contributed by atoms with E-state index in [0.29, 0.717) is 6.04 Å². The highest BCUT2D eigenvalue weighted by Gasteiger charge is 2.32. The second-order valence-electron chi connectivity index (χ2n) is 6.74. The molecule has 0 heterocycles. The standard InChI is InChI=1S/C18H27ClN2/c1-21(17-4-2-3-5-17)13-12-20-18(14-6-7-14)15-8-10-16(19)11-9-15/h8-11,14,17-18,20H,2-7,12-13H2,1H3. The van der Waals surface area contributed by atoms with Gasteiger partial charge in [0.2, 0.25) is 0 Å². The van der Waals surface area contributed by atoms with E-state index in [1.165, 1.54) is 44.1 Å². The molecule has 21 heavy (non-hydrogen) atoms. The Labute approximate surface area is 133 Å². The van der Waals surface area contributed by atoms with Crippen LogP contribution in [0.3, 0.4) is 0 Å². The van der Waals surface area contributed by atoms with Gasteiger partial charge in [-0.1, -0.05) is 36.6 Å². The summed E-state index contributed by atoms with van der Waals surface area (Å²) in [5, 5.41) is 4.62. The first kappa shape index (κ1) is 15.3. The SMILES string of the molecule is CN(CCNC(c1ccc(Cl)cc1)C1CC1)C1CCCC1. The molecule has 3 rings (SSSR count). The van der Waals surface area contributed by atoms with Gasteiger partial charge in [0.25, 0.3) is 0 Å². The van der Waals surface area contributed by atoms with Gasteiger partial charge in [0.15, 0.2) is 0 Å². The Balaban J connectivity index is 1.50. The van der Waals surface area contributed by atoms with Crippen molar-refractivity contribution in [1.29, 1.82) is 0 Å². The summed E-state index contributed by atoms with van der Waals surface area (Å²) in [5.41, 5.74) is 1.39. The Bertz CT molecular complexity index is 435. The molecule has 2 nitrogen and oxygen atoms in total. The normalized spacial score (nSPS) is 21.1. The first-order valence-corrected chi connectivity index (χ1v) is 8.81. The van der Waals surface area contributed by atoms with Crippen LogP contribution in [0.25, 0.3) is 0 Å². The molecule has 116 valence electrons. The van der Waals surface area contributed by atoms with Crippen molar-refractivity contribution in [3.05, 3.63) is 34.9 Å². The van der Waals surface area contributed by atoms with Crippen LogP contribution < -0.4 is 5.32 Å². The van der Waals surface area contributed by atoms with E-state index in [4.69, 9.17) is 11.6 Å². The van der Waals surface area contributed by atoms with E-state index in [2.05, 4.69) is 29.4 Å². The maximum absolute atomic E-state index is 6.00. The lowest BCUT2D eigenvalue weighted by atomic mass is 10.0. The maximum atomic E-state index is 6.00. The zero-order chi connectivity index (χ0) is 14.7. The summed E-state index contributed by atoms with van der Waals surface area (Å²) in [5.74, 6) is 0.822. The first-order valence-electron chi connectivity index (χ1n) is 8.43. The number of likely N-dealkylation sites (N-methyl/N-ethyl adjacent to an activating group) is 1. The smallest absolute Gasteiger partial charge is 0.0406 e. The molecule has 0 aromatic heterocycles. The van der Waals surface area contributed by atoms with Crippen molar-refractivity contribution >= 4 is 11.6 Å². The van der Waals surface area contributed by atoms with Crippen LogP contribution in [0.15, 0.2) is 24.3 Å². The van der Waals surface area contributed by atoms with Crippen molar-refractivity contribution in [2.45, 2.75) is 50.6 Å². The Morgan fingerprint density at radius 2 is 1.81 bits per heavy atom. The van der Waals surface area contributed by atoms with Crippen molar-refractivity contribution in [3.63, 3.8) is 0 Å². The van der Waals surface area contributed by atoms with Crippen LogP contribution in [0, 0.1) is 5.92 Å². The molecule has 3 heteroatoms. The quantitative estimate of drug-likeness (QED) is 0.810. The second-order valence-corrected chi connectivity index (χ2v) is 7.18. The van der Waals surface area contributed by atoms with E-state index in [1.807, 2.05) is 12.1 Å². The molecule has 0 aliphatic heterocycles. The summed E-state index contributed by atoms with van der Waals surface area (Å²) >= 11 is 6.00. The van der Waals surface area contributed by atoms with Crippen molar-refractivity contribution in [2.24, 2.45) is 5.92 Å². The summed E-state index contributed by atoms with van der Waals surface area (Å²) in [6.07, 6.45) is 8.33. The van der Waals surface area contributed by atoms with Crippen molar-refractivity contribution in [3.8, 4) is 0 Å². The van der Waals surface area contributed by atoms with E-state index >= 15 is 0 Å². The highest BCUT2D eigenvalue weighted by atomic mass is 35.5. The highest BCUT2D eigenvalue weighted by Crippen LogP contribution is 2.41. The molecule has 0 saturated heterocycles. The number of nitrogens with one attached hydrogen (secondary N) is 1. The largest absolute Gasteiger partial charge is 0.308 e. The van der Waals surface area contributed by atoms with Crippen LogP contribution in [0.4, 0.5) is 0 Å². The van der Waals surface area contributed by atoms with E-state index in [-0.39, 0.29) is 0 Å². The van der Waals surface area contributed by atoms with Gasteiger partial charge in [-0.05, 0) is 56.3 Å². The fourth-order valence-electron chi connectivity index (χ4n) is 3.58. The van der Waals surface area contributed by atoms with E-state index < -0.39 is 0 Å². The van der Waals surface area contributed by atoms with Crippen LogP contribution in [0.1, 0.15) is 50.1 Å². The number of rotatable bonds is 7. The Morgan fingerprint density at radius 1 is 1.14 bits per heavy atom. The van der Waals surface area contributed by atoms with Gasteiger partial charge in [0.05, 0.1) is 0 Å². The zero-order valence-corrected chi connectivity index (χ0v) is 13.8. The summed E-state index contributed by atoms with van der Waals surface area (Å²) in [6.45, 7) is 2.23. The minimum atomic E-state index is 0.513. The average molecular weight is 307 g/mol. The van der Waals surface area contributed by atoms with Gasteiger partial charge in [-0.3, -0.25) is 0 Å². The predicted molar refractivity (Wildman–Crippen MR) is 89.8 cm³/mol. The molecule has 1 N–H and O–H groups in total. The number of nitrogens with zero attached hydrogens (tertiary/aromatic N) is 1. The van der Waals surface area contributed by atoms with Crippen LogP contribution in [-0.4, -0.2) is 31.1 Å². The molecule has 0 spiro atoms. The minimum absolute atomic E-state index is 0.513. The zero-order valence-electron chi connectivity index (χ0n) is 13.0. The Morgan fingerprint density at radius 3 is 2.43 bits per heavy atom. The van der Waals surface area contributed by atoms with Gasteiger partial charge in [0, 0.05) is 30.2 Å². The van der Waals surface area contributed by atoms with Crippen LogP contribution in [0.5, 0.6) is 0 Å². The van der Waals surface area contributed by atoms with Crippen molar-refractivity contribution in [2.75, 3.05) is 20.1 Å². The van der Waals surface area contributed by atoms with Crippen LogP contribution in [0.2, 0.25) is 5.02 Å². The highest BCUT2D eigenvalue weighted by molar-refractivity contribution is 6.30. The molecule has 2 aliphatic rings. The summed E-state index contributed by atoms with van der Waals surface area (Å²) in [4.78, 5) is 2.55. The van der Waals surface area contributed by atoms with Gasteiger partial charge in [-0.15, -0.1) is 0 Å². The third-order valence-electron chi connectivity index (χ3n) is 5.10. The Hall–Kier alpha value is -0.570. The maximum Gasteiger partial charge on any atom is 0.0406 e. The number of hydrogen-bond donors (Lipinski definition) is 1. The van der Waals surface area contributed by atoms with Crippen molar-refractivity contribution in [1.82, 2.24) is 10.2 Å². The topological polar surface area (TPSA) is 15.3 Å². The predicted octanol–water partition coefficient (Wildman–Crippen LogP) is 4.26. The van der Waals surface area contributed by atoms with E-state index in [0.717, 1.165) is 30.1 Å². The van der Waals surface area contributed by atoms with Crippen LogP contribution in [-0.2, 0) is 0 Å². The van der Waals surface area contributed by atoms with E-state index in [9.17, 15) is 0 Å². The lowest BCUT2D eigenvalue weighted by molar-refractivity contribution is 0.240. The van der Waals surface area contributed by atoms with E-state index in [1.54, 1.807) is 0 Å². The van der Waals surface area contributed by atoms with Crippen LogP contribution >= 0.6 is 11.6 Å².